The Bertz CT molecular complexity index is 558. The third-order valence-electron chi connectivity index (χ3n) is 5.53. The van der Waals surface area contributed by atoms with Gasteiger partial charge in [0.2, 0.25) is 11.8 Å². The van der Waals surface area contributed by atoms with Crippen molar-refractivity contribution in [3.05, 3.63) is 12.2 Å². The number of nitrogens with zero attached hydrogens (tertiary/aromatic N) is 1. The number of rotatable bonds is 7. The van der Waals surface area contributed by atoms with E-state index in [-0.39, 0.29) is 42.1 Å². The molecule has 6 nitrogen and oxygen atoms in total. The zero-order chi connectivity index (χ0) is 18.8. The number of ether oxygens (including phenoxy) is 1. The van der Waals surface area contributed by atoms with Crippen molar-refractivity contribution in [1.82, 2.24) is 10.2 Å². The summed E-state index contributed by atoms with van der Waals surface area (Å²) in [5.74, 6) is 0.343. The normalized spacial score (nSPS) is 25.0. The Morgan fingerprint density at radius 1 is 1.20 bits per heavy atom. The van der Waals surface area contributed by atoms with E-state index in [0.29, 0.717) is 25.9 Å². The van der Waals surface area contributed by atoms with Crippen molar-refractivity contribution in [1.29, 1.82) is 0 Å². The lowest BCUT2D eigenvalue weighted by molar-refractivity contribution is -0.153. The SMILES string of the molecule is C=C(C)C(C)(C)NC(=O)C1[C@@H]2C[C@H]1CN(C(=O)CCCOC(C)=O)C2. The molecule has 2 bridgehead atoms. The first-order chi connectivity index (χ1) is 11.6. The molecule has 3 rings (SSSR count). The fourth-order valence-electron chi connectivity index (χ4n) is 3.62. The highest BCUT2D eigenvalue weighted by Gasteiger charge is 2.51. The number of hydrogen-bond acceptors (Lipinski definition) is 4. The van der Waals surface area contributed by atoms with Gasteiger partial charge in [-0.05, 0) is 45.4 Å². The lowest BCUT2D eigenvalue weighted by Gasteiger charge is -2.53. The predicted octanol–water partition coefficient (Wildman–Crippen LogP) is 1.90. The van der Waals surface area contributed by atoms with Crippen molar-refractivity contribution < 1.29 is 19.1 Å². The molecule has 1 saturated carbocycles. The number of piperidine rings is 2. The fraction of sp³-hybridized carbons (Fsp3) is 0.737. The van der Waals surface area contributed by atoms with Crippen molar-refractivity contribution >= 4 is 17.8 Å². The maximum absolute atomic E-state index is 12.6. The number of carbonyl (C=O) groups excluding carboxylic acids is 3. The highest BCUT2D eigenvalue weighted by Crippen LogP contribution is 2.46. The summed E-state index contributed by atoms with van der Waals surface area (Å²) in [5, 5.41) is 3.09. The Morgan fingerprint density at radius 3 is 2.32 bits per heavy atom. The van der Waals surface area contributed by atoms with Crippen LogP contribution in [-0.2, 0) is 19.1 Å². The molecule has 0 spiro atoms. The van der Waals surface area contributed by atoms with Gasteiger partial charge in [0.1, 0.15) is 0 Å². The molecule has 25 heavy (non-hydrogen) atoms. The van der Waals surface area contributed by atoms with E-state index in [1.165, 1.54) is 6.92 Å². The van der Waals surface area contributed by atoms with E-state index in [0.717, 1.165) is 12.0 Å². The van der Waals surface area contributed by atoms with Gasteiger partial charge in [-0.2, -0.15) is 0 Å². The summed E-state index contributed by atoms with van der Waals surface area (Å²) in [5.41, 5.74) is 0.516. The standard InChI is InChI=1S/C19H30N2O4/c1-12(2)19(4,5)20-18(24)17-14-9-15(17)11-21(10-14)16(23)7-6-8-25-13(3)22/h14-15,17H,1,6-11H2,2-5H3,(H,20,24)/t14-,15+,17?. The van der Waals surface area contributed by atoms with Crippen LogP contribution in [0.15, 0.2) is 12.2 Å². The molecule has 0 aromatic carbocycles. The van der Waals surface area contributed by atoms with Gasteiger partial charge in [0.25, 0.3) is 0 Å². The third-order valence-corrected chi connectivity index (χ3v) is 5.53. The Labute approximate surface area is 150 Å². The predicted molar refractivity (Wildman–Crippen MR) is 94.6 cm³/mol. The van der Waals surface area contributed by atoms with Crippen LogP contribution in [0, 0.1) is 17.8 Å². The average Bonchev–Trinajstić information content (AvgIpc) is 2.50. The van der Waals surface area contributed by atoms with Gasteiger partial charge in [0.15, 0.2) is 0 Å². The fourth-order valence-corrected chi connectivity index (χ4v) is 3.62. The summed E-state index contributed by atoms with van der Waals surface area (Å²) >= 11 is 0. The van der Waals surface area contributed by atoms with Gasteiger partial charge in [-0.15, -0.1) is 0 Å². The number of hydrogen-bond donors (Lipinski definition) is 1. The van der Waals surface area contributed by atoms with Crippen LogP contribution in [-0.4, -0.2) is 47.9 Å². The zero-order valence-corrected chi connectivity index (χ0v) is 15.8. The number of nitrogens with one attached hydrogen (secondary N) is 1. The van der Waals surface area contributed by atoms with Crippen LogP contribution < -0.4 is 5.32 Å². The molecule has 0 aromatic rings. The molecule has 3 atom stereocenters. The molecule has 1 aliphatic carbocycles. The maximum atomic E-state index is 12.6. The van der Waals surface area contributed by atoms with E-state index in [1.807, 2.05) is 25.7 Å². The molecular weight excluding hydrogens is 320 g/mol. The molecule has 0 aromatic heterocycles. The van der Waals surface area contributed by atoms with Crippen LogP contribution in [0.1, 0.15) is 47.0 Å². The summed E-state index contributed by atoms with van der Waals surface area (Å²) in [7, 11) is 0. The van der Waals surface area contributed by atoms with Crippen LogP contribution in [0.3, 0.4) is 0 Å². The smallest absolute Gasteiger partial charge is 0.302 e. The molecule has 1 unspecified atom stereocenters. The van der Waals surface area contributed by atoms with Crippen molar-refractivity contribution in [3.8, 4) is 0 Å². The number of amides is 2. The van der Waals surface area contributed by atoms with Crippen LogP contribution in [0.2, 0.25) is 0 Å². The molecule has 2 saturated heterocycles. The van der Waals surface area contributed by atoms with E-state index >= 15 is 0 Å². The van der Waals surface area contributed by atoms with Gasteiger partial charge in [-0.1, -0.05) is 12.2 Å². The Hall–Kier alpha value is -1.85. The van der Waals surface area contributed by atoms with Crippen molar-refractivity contribution in [2.45, 2.75) is 52.5 Å². The van der Waals surface area contributed by atoms with E-state index in [9.17, 15) is 14.4 Å². The molecule has 2 aliphatic heterocycles. The van der Waals surface area contributed by atoms with E-state index < -0.39 is 5.54 Å². The van der Waals surface area contributed by atoms with Gasteiger partial charge >= 0.3 is 5.97 Å². The van der Waals surface area contributed by atoms with Crippen LogP contribution in [0.25, 0.3) is 0 Å². The first-order valence-corrected chi connectivity index (χ1v) is 9.01. The largest absolute Gasteiger partial charge is 0.466 e. The lowest BCUT2D eigenvalue weighted by atomic mass is 9.61. The van der Waals surface area contributed by atoms with Gasteiger partial charge in [-0.25, -0.2) is 0 Å². The van der Waals surface area contributed by atoms with Crippen LogP contribution in [0.4, 0.5) is 0 Å². The molecule has 3 fully saturated rings. The molecule has 2 heterocycles. The Balaban J connectivity index is 1.80. The molecule has 6 heteroatoms. The van der Waals surface area contributed by atoms with E-state index in [4.69, 9.17) is 4.74 Å². The van der Waals surface area contributed by atoms with Crippen molar-refractivity contribution in [2.75, 3.05) is 19.7 Å². The third kappa shape index (κ3) is 4.61. The molecule has 3 aliphatic rings. The number of fused-ring (bicyclic) bond motifs is 2. The van der Waals surface area contributed by atoms with Gasteiger partial charge in [-0.3, -0.25) is 14.4 Å². The lowest BCUT2D eigenvalue weighted by Crippen LogP contribution is -2.62. The maximum Gasteiger partial charge on any atom is 0.302 e. The number of carbonyl (C=O) groups is 3. The minimum Gasteiger partial charge on any atom is -0.466 e. The summed E-state index contributed by atoms with van der Waals surface area (Å²) in [4.78, 5) is 37.5. The van der Waals surface area contributed by atoms with E-state index in [1.54, 1.807) is 0 Å². The molecule has 140 valence electrons. The monoisotopic (exact) mass is 350 g/mol. The van der Waals surface area contributed by atoms with Crippen LogP contribution >= 0.6 is 0 Å². The van der Waals surface area contributed by atoms with Crippen LogP contribution in [0.5, 0.6) is 0 Å². The molecule has 2 amide bonds. The topological polar surface area (TPSA) is 75.7 Å². The minimum absolute atomic E-state index is 0.00345. The quantitative estimate of drug-likeness (QED) is 0.432. The first kappa shape index (κ1) is 19.5. The van der Waals surface area contributed by atoms with Crippen molar-refractivity contribution in [2.24, 2.45) is 17.8 Å². The zero-order valence-electron chi connectivity index (χ0n) is 15.8. The second-order valence-corrected chi connectivity index (χ2v) is 7.92. The summed E-state index contributed by atoms with van der Waals surface area (Å²) in [6.07, 6.45) is 1.94. The molecular formula is C19H30N2O4. The first-order valence-electron chi connectivity index (χ1n) is 9.01. The number of esters is 1. The van der Waals surface area contributed by atoms with E-state index in [2.05, 4.69) is 11.9 Å². The minimum atomic E-state index is -0.410. The van der Waals surface area contributed by atoms with Gasteiger partial charge < -0.3 is 15.0 Å². The van der Waals surface area contributed by atoms with Crippen molar-refractivity contribution in [3.63, 3.8) is 0 Å². The second kappa shape index (κ2) is 7.58. The molecule has 0 radical (unpaired) electrons. The highest BCUT2D eigenvalue weighted by molar-refractivity contribution is 5.82. The highest BCUT2D eigenvalue weighted by atomic mass is 16.5. The van der Waals surface area contributed by atoms with Gasteiger partial charge in [0, 0.05) is 32.4 Å². The summed E-state index contributed by atoms with van der Waals surface area (Å²) < 4.78 is 4.85. The summed E-state index contributed by atoms with van der Waals surface area (Å²) in [6, 6.07) is 0. The van der Waals surface area contributed by atoms with Gasteiger partial charge in [0.05, 0.1) is 12.1 Å². The second-order valence-electron chi connectivity index (χ2n) is 7.92. The molecule has 1 N–H and O–H groups in total. The summed E-state index contributed by atoms with van der Waals surface area (Å²) in [6.45, 7) is 12.7. The Morgan fingerprint density at radius 2 is 1.80 bits per heavy atom. The Kier molecular flexibility index (Phi) is 5.91. The average molecular weight is 350 g/mol.